The van der Waals surface area contributed by atoms with Crippen LogP contribution < -0.4 is 5.32 Å². The van der Waals surface area contributed by atoms with Gasteiger partial charge in [-0.25, -0.2) is 9.59 Å². The second-order valence-electron chi connectivity index (χ2n) is 7.45. The molecule has 2 rings (SSSR count). The van der Waals surface area contributed by atoms with Gasteiger partial charge in [-0.1, -0.05) is 38.0 Å². The molecule has 0 aromatic heterocycles. The summed E-state index contributed by atoms with van der Waals surface area (Å²) in [6.45, 7) is 4.18. The summed E-state index contributed by atoms with van der Waals surface area (Å²) in [4.78, 5) is 35.2. The van der Waals surface area contributed by atoms with Crippen LogP contribution in [-0.2, 0) is 22.4 Å². The Morgan fingerprint density at radius 1 is 0.903 bits per heavy atom. The average molecular weight is 426 g/mol. The third-order valence-electron chi connectivity index (χ3n) is 4.98. The van der Waals surface area contributed by atoms with Gasteiger partial charge >= 0.3 is 11.9 Å². The van der Waals surface area contributed by atoms with E-state index >= 15 is 0 Å². The van der Waals surface area contributed by atoms with Crippen molar-refractivity contribution in [1.29, 1.82) is 0 Å². The summed E-state index contributed by atoms with van der Waals surface area (Å²) < 4.78 is 4.98. The van der Waals surface area contributed by atoms with E-state index < -0.39 is 5.97 Å². The van der Waals surface area contributed by atoms with Crippen LogP contribution in [0.15, 0.2) is 42.5 Å². The van der Waals surface area contributed by atoms with Gasteiger partial charge in [0.25, 0.3) is 0 Å². The van der Waals surface area contributed by atoms with Crippen LogP contribution in [0.2, 0.25) is 0 Å². The van der Waals surface area contributed by atoms with Crippen molar-refractivity contribution in [1.82, 2.24) is 0 Å². The maximum absolute atomic E-state index is 12.3. The van der Waals surface area contributed by atoms with E-state index in [-0.39, 0.29) is 17.4 Å². The first-order chi connectivity index (χ1) is 14.9. The van der Waals surface area contributed by atoms with Gasteiger partial charge in [-0.15, -0.1) is 0 Å². The molecule has 0 bridgehead atoms. The monoisotopic (exact) mass is 425 g/mol. The largest absolute Gasteiger partial charge is 0.478 e. The van der Waals surface area contributed by atoms with E-state index in [4.69, 9.17) is 4.74 Å². The Hall–Kier alpha value is -3.15. The number of rotatable bonds is 12. The Balaban J connectivity index is 1.77. The smallest absolute Gasteiger partial charge is 0.338 e. The Labute approximate surface area is 183 Å². The number of hydrogen-bond donors (Lipinski definition) is 2. The van der Waals surface area contributed by atoms with Crippen molar-refractivity contribution in [2.24, 2.45) is 0 Å². The molecule has 0 atom stereocenters. The lowest BCUT2D eigenvalue weighted by Crippen LogP contribution is -2.13. The number of unbranched alkanes of at least 4 members (excludes halogenated alkanes) is 2. The van der Waals surface area contributed by atoms with Crippen molar-refractivity contribution in [3.05, 3.63) is 64.7 Å². The fourth-order valence-electron chi connectivity index (χ4n) is 3.34. The molecule has 0 saturated carbocycles. The molecule has 0 fully saturated rings. The second-order valence-corrected chi connectivity index (χ2v) is 7.45. The molecule has 0 unspecified atom stereocenters. The number of carbonyl (C=O) groups excluding carboxylic acids is 2. The zero-order valence-electron chi connectivity index (χ0n) is 18.3. The summed E-state index contributed by atoms with van der Waals surface area (Å²) in [5.74, 6) is -1.41. The van der Waals surface area contributed by atoms with E-state index in [9.17, 15) is 19.5 Å². The maximum atomic E-state index is 12.3. The predicted octanol–water partition coefficient (Wildman–Crippen LogP) is 5.26. The van der Waals surface area contributed by atoms with Crippen LogP contribution in [0.1, 0.15) is 77.8 Å². The minimum Gasteiger partial charge on any atom is -0.478 e. The van der Waals surface area contributed by atoms with Gasteiger partial charge in [0.15, 0.2) is 0 Å². The number of aromatic carboxylic acids is 1. The van der Waals surface area contributed by atoms with Crippen molar-refractivity contribution in [2.45, 2.75) is 58.8 Å². The molecule has 0 radical (unpaired) electrons. The molecule has 2 aromatic rings. The zero-order valence-corrected chi connectivity index (χ0v) is 18.3. The van der Waals surface area contributed by atoms with E-state index in [1.807, 2.05) is 19.1 Å². The van der Waals surface area contributed by atoms with Crippen LogP contribution in [0, 0.1) is 0 Å². The first kappa shape index (κ1) is 24.1. The molecule has 1 amide bonds. The molecule has 0 aliphatic heterocycles. The summed E-state index contributed by atoms with van der Waals surface area (Å²) in [6, 6.07) is 12.3. The number of nitrogens with one attached hydrogen (secondary N) is 1. The topological polar surface area (TPSA) is 92.7 Å². The molecule has 0 aliphatic carbocycles. The summed E-state index contributed by atoms with van der Waals surface area (Å²) in [5, 5.41) is 12.1. The van der Waals surface area contributed by atoms with Gasteiger partial charge in [-0.2, -0.15) is 0 Å². The standard InChI is InChI=1S/C25H31NO5/c1-3-8-19-15-16-21(24(28)29)17-22(19)26-23(27)10-7-5-6-9-18-11-13-20(14-12-18)25(30)31-4-2/h11-17H,3-10H2,1-2H3,(H,26,27)(H,28,29). The van der Waals surface area contributed by atoms with Gasteiger partial charge in [-0.05, 0) is 68.0 Å². The van der Waals surface area contributed by atoms with Gasteiger partial charge in [0.2, 0.25) is 5.91 Å². The number of benzene rings is 2. The summed E-state index contributed by atoms with van der Waals surface area (Å²) in [6.07, 6.45) is 5.58. The molecule has 0 heterocycles. The van der Waals surface area contributed by atoms with Gasteiger partial charge in [0.05, 0.1) is 17.7 Å². The molecule has 2 aromatic carbocycles. The van der Waals surface area contributed by atoms with Crippen molar-refractivity contribution >= 4 is 23.5 Å². The Bertz CT molecular complexity index is 889. The fraction of sp³-hybridized carbons (Fsp3) is 0.400. The van der Waals surface area contributed by atoms with Crippen LogP contribution in [0.25, 0.3) is 0 Å². The minimum absolute atomic E-state index is 0.0984. The number of amides is 1. The molecule has 2 N–H and O–H groups in total. The summed E-state index contributed by atoms with van der Waals surface area (Å²) in [7, 11) is 0. The number of hydrogen-bond acceptors (Lipinski definition) is 4. The molecule has 31 heavy (non-hydrogen) atoms. The lowest BCUT2D eigenvalue weighted by molar-refractivity contribution is -0.116. The van der Waals surface area contributed by atoms with Gasteiger partial charge in [-0.3, -0.25) is 4.79 Å². The van der Waals surface area contributed by atoms with Gasteiger partial charge in [0.1, 0.15) is 0 Å². The number of carboxylic acid groups (broad SMARTS) is 1. The molecule has 0 spiro atoms. The minimum atomic E-state index is -1.01. The molecule has 0 aliphatic rings. The molecule has 0 saturated heterocycles. The SMILES string of the molecule is CCCc1ccc(C(=O)O)cc1NC(=O)CCCCCc1ccc(C(=O)OCC)cc1. The van der Waals surface area contributed by atoms with Crippen molar-refractivity contribution in [3.63, 3.8) is 0 Å². The summed E-state index contributed by atoms with van der Waals surface area (Å²) in [5.41, 5.74) is 3.41. The molecule has 166 valence electrons. The fourth-order valence-corrected chi connectivity index (χ4v) is 3.34. The maximum Gasteiger partial charge on any atom is 0.338 e. The predicted molar refractivity (Wildman–Crippen MR) is 121 cm³/mol. The van der Waals surface area contributed by atoms with Crippen molar-refractivity contribution in [3.8, 4) is 0 Å². The van der Waals surface area contributed by atoms with E-state index in [2.05, 4.69) is 5.32 Å². The third kappa shape index (κ3) is 7.89. The lowest BCUT2D eigenvalue weighted by Gasteiger charge is -2.12. The van der Waals surface area contributed by atoms with Crippen LogP contribution in [0.3, 0.4) is 0 Å². The summed E-state index contributed by atoms with van der Waals surface area (Å²) >= 11 is 0. The van der Waals surface area contributed by atoms with Gasteiger partial charge < -0.3 is 15.2 Å². The van der Waals surface area contributed by atoms with Crippen LogP contribution >= 0.6 is 0 Å². The highest BCUT2D eigenvalue weighted by atomic mass is 16.5. The number of carbonyl (C=O) groups is 3. The molecular weight excluding hydrogens is 394 g/mol. The highest BCUT2D eigenvalue weighted by Crippen LogP contribution is 2.20. The number of ether oxygens (including phenoxy) is 1. The lowest BCUT2D eigenvalue weighted by atomic mass is 10.0. The molecule has 6 nitrogen and oxygen atoms in total. The third-order valence-corrected chi connectivity index (χ3v) is 4.98. The number of anilines is 1. The first-order valence-corrected chi connectivity index (χ1v) is 10.9. The highest BCUT2D eigenvalue weighted by Gasteiger charge is 2.11. The Morgan fingerprint density at radius 2 is 1.61 bits per heavy atom. The normalized spacial score (nSPS) is 10.5. The molecular formula is C25H31NO5. The number of carboxylic acids is 1. The van der Waals surface area contributed by atoms with Crippen LogP contribution in [-0.4, -0.2) is 29.6 Å². The number of aryl methyl sites for hydroxylation is 2. The Kier molecular flexibility index (Phi) is 9.75. The van der Waals surface area contributed by atoms with E-state index in [1.165, 1.54) is 6.07 Å². The van der Waals surface area contributed by atoms with Crippen LogP contribution in [0.5, 0.6) is 0 Å². The van der Waals surface area contributed by atoms with Crippen molar-refractivity contribution in [2.75, 3.05) is 11.9 Å². The van der Waals surface area contributed by atoms with Gasteiger partial charge in [0, 0.05) is 12.1 Å². The highest BCUT2D eigenvalue weighted by molar-refractivity contribution is 5.94. The zero-order chi connectivity index (χ0) is 22.6. The quantitative estimate of drug-likeness (QED) is 0.358. The van der Waals surface area contributed by atoms with E-state index in [0.717, 1.165) is 49.7 Å². The van der Waals surface area contributed by atoms with E-state index in [1.54, 1.807) is 31.2 Å². The van der Waals surface area contributed by atoms with E-state index in [0.29, 0.717) is 24.3 Å². The Morgan fingerprint density at radius 3 is 2.26 bits per heavy atom. The van der Waals surface area contributed by atoms with Crippen LogP contribution in [0.4, 0.5) is 5.69 Å². The average Bonchev–Trinajstić information content (AvgIpc) is 2.75. The second kappa shape index (κ2) is 12.5. The first-order valence-electron chi connectivity index (χ1n) is 10.9. The van der Waals surface area contributed by atoms with Crippen molar-refractivity contribution < 1.29 is 24.2 Å². The number of esters is 1. The molecule has 6 heteroatoms.